The Morgan fingerprint density at radius 3 is 2.95 bits per heavy atom. The lowest BCUT2D eigenvalue weighted by Crippen LogP contribution is -2.57. The minimum absolute atomic E-state index is 0.00185. The normalized spacial score (nSPS) is 27.5. The zero-order valence-electron chi connectivity index (χ0n) is 13.1. The highest BCUT2D eigenvalue weighted by Gasteiger charge is 2.42. The molecule has 4 heteroatoms. The summed E-state index contributed by atoms with van der Waals surface area (Å²) in [6, 6.07) is 6.74. The molecule has 3 N–H and O–H groups in total. The summed E-state index contributed by atoms with van der Waals surface area (Å²) in [6.45, 7) is 4.97. The van der Waals surface area contributed by atoms with Gasteiger partial charge in [-0.3, -0.25) is 11.3 Å². The Labute approximate surface area is 127 Å². The van der Waals surface area contributed by atoms with Crippen LogP contribution in [0.4, 0.5) is 4.39 Å². The second-order valence-electron chi connectivity index (χ2n) is 6.25. The highest BCUT2D eigenvalue weighted by molar-refractivity contribution is 5.19. The molecule has 0 bridgehead atoms. The molecule has 0 spiro atoms. The summed E-state index contributed by atoms with van der Waals surface area (Å²) in [6.07, 6.45) is 5.09. The lowest BCUT2D eigenvalue weighted by Gasteiger charge is -2.45. The quantitative estimate of drug-likeness (QED) is 0.626. The number of rotatable bonds is 6. The Morgan fingerprint density at radius 2 is 2.33 bits per heavy atom. The van der Waals surface area contributed by atoms with Crippen LogP contribution in [0.2, 0.25) is 0 Å². The molecule has 1 saturated carbocycles. The fourth-order valence-corrected chi connectivity index (χ4v) is 3.68. The minimum Gasteiger partial charge on any atom is -0.374 e. The molecule has 0 radical (unpaired) electrons. The molecule has 0 aliphatic heterocycles. The third-order valence-electron chi connectivity index (χ3n) is 4.59. The Bertz CT molecular complexity index is 450. The van der Waals surface area contributed by atoms with Gasteiger partial charge in [-0.1, -0.05) is 31.9 Å². The van der Waals surface area contributed by atoms with Crippen molar-refractivity contribution < 1.29 is 9.13 Å². The third-order valence-corrected chi connectivity index (χ3v) is 4.59. The van der Waals surface area contributed by atoms with E-state index in [1.54, 1.807) is 12.1 Å². The SMILES string of the molecule is CCOC1(C(Cc2cccc(F)c2)NN)CCCC(C)C1. The van der Waals surface area contributed by atoms with Crippen molar-refractivity contribution in [3.63, 3.8) is 0 Å². The van der Waals surface area contributed by atoms with Gasteiger partial charge in [-0.2, -0.15) is 0 Å². The molecule has 2 rings (SSSR count). The number of ether oxygens (including phenoxy) is 1. The average molecular weight is 294 g/mol. The molecule has 3 unspecified atom stereocenters. The number of hydrogen-bond donors (Lipinski definition) is 2. The summed E-state index contributed by atoms with van der Waals surface area (Å²) in [7, 11) is 0. The van der Waals surface area contributed by atoms with E-state index in [0.717, 1.165) is 24.8 Å². The number of benzene rings is 1. The molecule has 3 atom stereocenters. The Balaban J connectivity index is 2.19. The van der Waals surface area contributed by atoms with Crippen LogP contribution < -0.4 is 11.3 Å². The summed E-state index contributed by atoms with van der Waals surface area (Å²) < 4.78 is 19.5. The minimum atomic E-state index is -0.243. The van der Waals surface area contributed by atoms with E-state index in [9.17, 15) is 4.39 Å². The van der Waals surface area contributed by atoms with E-state index in [1.165, 1.54) is 12.5 Å². The van der Waals surface area contributed by atoms with E-state index < -0.39 is 0 Å². The van der Waals surface area contributed by atoms with Crippen molar-refractivity contribution in [3.05, 3.63) is 35.6 Å². The van der Waals surface area contributed by atoms with Gasteiger partial charge in [0.25, 0.3) is 0 Å². The largest absolute Gasteiger partial charge is 0.374 e. The van der Waals surface area contributed by atoms with Crippen molar-refractivity contribution in [2.75, 3.05) is 6.61 Å². The van der Waals surface area contributed by atoms with Gasteiger partial charge in [0.1, 0.15) is 5.82 Å². The van der Waals surface area contributed by atoms with E-state index in [4.69, 9.17) is 10.6 Å². The highest BCUT2D eigenvalue weighted by Crippen LogP contribution is 2.38. The maximum atomic E-state index is 13.4. The number of hydrogen-bond acceptors (Lipinski definition) is 3. The Morgan fingerprint density at radius 1 is 1.52 bits per heavy atom. The van der Waals surface area contributed by atoms with Crippen LogP contribution in [-0.4, -0.2) is 18.2 Å². The van der Waals surface area contributed by atoms with Crippen LogP contribution >= 0.6 is 0 Å². The van der Waals surface area contributed by atoms with Gasteiger partial charge in [-0.05, 0) is 49.8 Å². The first-order chi connectivity index (χ1) is 10.1. The van der Waals surface area contributed by atoms with Crippen LogP contribution in [0.25, 0.3) is 0 Å². The summed E-state index contributed by atoms with van der Waals surface area (Å²) >= 11 is 0. The molecular weight excluding hydrogens is 267 g/mol. The van der Waals surface area contributed by atoms with Gasteiger partial charge >= 0.3 is 0 Å². The van der Waals surface area contributed by atoms with Crippen LogP contribution in [0.5, 0.6) is 0 Å². The molecule has 118 valence electrons. The second-order valence-corrected chi connectivity index (χ2v) is 6.25. The van der Waals surface area contributed by atoms with E-state index in [2.05, 4.69) is 12.3 Å². The van der Waals surface area contributed by atoms with E-state index in [-0.39, 0.29) is 17.5 Å². The molecule has 3 nitrogen and oxygen atoms in total. The first-order valence-electron chi connectivity index (χ1n) is 7.94. The predicted molar refractivity (Wildman–Crippen MR) is 83.2 cm³/mol. The van der Waals surface area contributed by atoms with Gasteiger partial charge in [-0.15, -0.1) is 0 Å². The molecule has 1 aliphatic rings. The van der Waals surface area contributed by atoms with Crippen LogP contribution in [0, 0.1) is 11.7 Å². The number of nitrogens with one attached hydrogen (secondary N) is 1. The van der Waals surface area contributed by atoms with Gasteiger partial charge < -0.3 is 4.74 Å². The summed E-state index contributed by atoms with van der Waals surface area (Å²) in [4.78, 5) is 0. The predicted octanol–water partition coefficient (Wildman–Crippen LogP) is 3.19. The Kier molecular flexibility index (Phi) is 5.73. The van der Waals surface area contributed by atoms with Crippen molar-refractivity contribution in [2.24, 2.45) is 11.8 Å². The molecule has 0 amide bonds. The molecular formula is C17H27FN2O. The van der Waals surface area contributed by atoms with Gasteiger partial charge in [0, 0.05) is 6.61 Å². The molecule has 0 heterocycles. The van der Waals surface area contributed by atoms with Crippen molar-refractivity contribution in [1.82, 2.24) is 5.43 Å². The highest BCUT2D eigenvalue weighted by atomic mass is 19.1. The van der Waals surface area contributed by atoms with Crippen molar-refractivity contribution in [3.8, 4) is 0 Å². The fourth-order valence-electron chi connectivity index (χ4n) is 3.68. The van der Waals surface area contributed by atoms with Gasteiger partial charge in [0.2, 0.25) is 0 Å². The number of nitrogens with two attached hydrogens (primary N) is 1. The van der Waals surface area contributed by atoms with E-state index in [1.807, 2.05) is 13.0 Å². The first-order valence-corrected chi connectivity index (χ1v) is 7.94. The van der Waals surface area contributed by atoms with Gasteiger partial charge in [0.15, 0.2) is 0 Å². The smallest absolute Gasteiger partial charge is 0.123 e. The molecule has 21 heavy (non-hydrogen) atoms. The maximum Gasteiger partial charge on any atom is 0.123 e. The second kappa shape index (κ2) is 7.34. The zero-order chi connectivity index (χ0) is 15.3. The fraction of sp³-hybridized carbons (Fsp3) is 0.647. The summed E-state index contributed by atoms with van der Waals surface area (Å²) in [5.74, 6) is 6.26. The topological polar surface area (TPSA) is 47.3 Å². The van der Waals surface area contributed by atoms with Gasteiger partial charge in [-0.25, -0.2) is 4.39 Å². The van der Waals surface area contributed by atoms with Crippen molar-refractivity contribution >= 4 is 0 Å². The van der Waals surface area contributed by atoms with Crippen LogP contribution in [-0.2, 0) is 11.2 Å². The monoisotopic (exact) mass is 294 g/mol. The average Bonchev–Trinajstić information content (AvgIpc) is 2.45. The van der Waals surface area contributed by atoms with Crippen molar-refractivity contribution in [1.29, 1.82) is 0 Å². The van der Waals surface area contributed by atoms with E-state index in [0.29, 0.717) is 18.9 Å². The standard InChI is InChI=1S/C17H27FN2O/c1-3-21-17(9-5-6-13(2)12-17)16(20-19)11-14-7-4-8-15(18)10-14/h4,7-8,10,13,16,20H,3,5-6,9,11-12,19H2,1-2H3. The molecule has 0 aromatic heterocycles. The molecule has 1 aromatic carbocycles. The lowest BCUT2D eigenvalue weighted by molar-refractivity contribution is -0.100. The van der Waals surface area contributed by atoms with Crippen molar-refractivity contribution in [2.45, 2.75) is 57.6 Å². The molecule has 1 aliphatic carbocycles. The molecule has 0 saturated heterocycles. The Hall–Kier alpha value is -0.970. The molecule has 1 aromatic rings. The van der Waals surface area contributed by atoms with Gasteiger partial charge in [0.05, 0.1) is 11.6 Å². The molecule has 1 fully saturated rings. The lowest BCUT2D eigenvalue weighted by atomic mass is 9.73. The van der Waals surface area contributed by atoms with Crippen LogP contribution in [0.3, 0.4) is 0 Å². The first kappa shape index (κ1) is 16.4. The van der Waals surface area contributed by atoms with E-state index >= 15 is 0 Å². The summed E-state index contributed by atoms with van der Waals surface area (Å²) in [5.41, 5.74) is 3.65. The zero-order valence-corrected chi connectivity index (χ0v) is 13.1. The van der Waals surface area contributed by atoms with Crippen LogP contribution in [0.1, 0.15) is 45.1 Å². The summed E-state index contributed by atoms with van der Waals surface area (Å²) in [5, 5.41) is 0. The number of hydrazine groups is 1. The third kappa shape index (κ3) is 4.02. The van der Waals surface area contributed by atoms with Crippen LogP contribution in [0.15, 0.2) is 24.3 Å². The number of halogens is 1. The maximum absolute atomic E-state index is 13.4.